The fourth-order valence-electron chi connectivity index (χ4n) is 5.71. The van der Waals surface area contributed by atoms with Gasteiger partial charge in [-0.05, 0) is 84.3 Å². The van der Waals surface area contributed by atoms with Crippen LogP contribution in [0.25, 0.3) is 0 Å². The van der Waals surface area contributed by atoms with E-state index in [1.807, 2.05) is 86.5 Å². The summed E-state index contributed by atoms with van der Waals surface area (Å²) in [6.07, 6.45) is 0. The van der Waals surface area contributed by atoms with E-state index in [1.165, 1.54) is 24.3 Å². The van der Waals surface area contributed by atoms with E-state index in [4.69, 9.17) is 0 Å². The molecule has 2 aliphatic rings. The molecular weight excluding hydrogens is 721 g/mol. The first-order valence-corrected chi connectivity index (χ1v) is 17.5. The van der Waals surface area contributed by atoms with Gasteiger partial charge in [-0.3, -0.25) is 20.2 Å². The second kappa shape index (κ2) is 16.1. The molecule has 5 aromatic rings. The van der Waals surface area contributed by atoms with Gasteiger partial charge in [-0.1, -0.05) is 71.0 Å². The van der Waals surface area contributed by atoms with Crippen molar-refractivity contribution >= 4 is 22.7 Å². The predicted molar refractivity (Wildman–Crippen MR) is 226 cm³/mol. The molecule has 0 spiro atoms. The van der Waals surface area contributed by atoms with Crippen LogP contribution < -0.4 is 9.80 Å². The number of fused-ring (bicyclic) bond motifs is 10. The first kappa shape index (κ1) is 37.3. The fourth-order valence-corrected chi connectivity index (χ4v) is 5.71. The van der Waals surface area contributed by atoms with Crippen LogP contribution in [-0.4, -0.2) is 38.0 Å². The summed E-state index contributed by atoms with van der Waals surface area (Å²) in [5, 5.41) is 23.4. The topological polar surface area (TPSA) is 92.8 Å². The summed E-state index contributed by atoms with van der Waals surface area (Å²) in [5.74, 6) is 49.6. The molecule has 0 N–H and O–H groups in total. The molecule has 0 saturated heterocycles. The molecule has 0 aromatic heterocycles. The summed E-state index contributed by atoms with van der Waals surface area (Å²) < 4.78 is 0. The third-order valence-electron chi connectivity index (χ3n) is 8.87. The number of nitro benzene ring substituents is 2. The minimum atomic E-state index is -0.490. The van der Waals surface area contributed by atoms with E-state index in [-0.39, 0.29) is 11.4 Å². The molecule has 0 saturated carbocycles. The standard InChI is InChI=1S/C50H26N4O4/c1-51(2)47-25-21-35-13-17-43-29-45(19-15-37-23-27-49(53(55)56)33-41(37)11-7-5-9-39(35)31-47)46-20-16-38-24-28-50(54(57)58)34-42(38)12-8-6-10-40-32-48(52(3)4)26-22-36(40)14-18-44(43)30-46/h21-34H,1-4H3. The molecule has 2 aliphatic carbocycles. The smallest absolute Gasteiger partial charge is 0.270 e. The molecule has 0 heterocycles. The first-order chi connectivity index (χ1) is 28.0. The average molecular weight is 747 g/mol. The van der Waals surface area contributed by atoms with Crippen molar-refractivity contribution in [1.82, 2.24) is 0 Å². The van der Waals surface area contributed by atoms with E-state index >= 15 is 0 Å². The third-order valence-corrected chi connectivity index (χ3v) is 8.87. The highest BCUT2D eigenvalue weighted by Crippen LogP contribution is 2.23. The average Bonchev–Trinajstić information content (AvgIpc) is 3.21. The minimum absolute atomic E-state index is 0.136. The third kappa shape index (κ3) is 8.36. The van der Waals surface area contributed by atoms with E-state index in [0.29, 0.717) is 66.8 Å². The van der Waals surface area contributed by atoms with Crippen LogP contribution in [0, 0.1) is 115 Å². The Hall–Kier alpha value is -9.02. The van der Waals surface area contributed by atoms with Crippen LogP contribution >= 0.6 is 0 Å². The zero-order valence-corrected chi connectivity index (χ0v) is 31.5. The second-order valence-electron chi connectivity index (χ2n) is 13.2. The Balaban J connectivity index is 1.55. The van der Waals surface area contributed by atoms with Gasteiger partial charge in [-0.25, -0.2) is 0 Å². The summed E-state index contributed by atoms with van der Waals surface area (Å²) in [5.41, 5.74) is 7.82. The lowest BCUT2D eigenvalue weighted by Gasteiger charge is -2.13. The van der Waals surface area contributed by atoms with E-state index in [9.17, 15) is 20.2 Å². The van der Waals surface area contributed by atoms with Gasteiger partial charge in [-0.15, -0.1) is 0 Å². The lowest BCUT2D eigenvalue weighted by molar-refractivity contribution is -0.385. The van der Waals surface area contributed by atoms with Crippen LogP contribution in [0.5, 0.6) is 0 Å². The predicted octanol–water partition coefficient (Wildman–Crippen LogP) is 6.67. The normalized spacial score (nSPS) is 10.7. The number of hydrogen-bond donors (Lipinski definition) is 0. The molecular formula is C50H26N4O4. The summed E-state index contributed by atoms with van der Waals surface area (Å²) in [7, 11) is 7.72. The molecule has 270 valence electrons. The van der Waals surface area contributed by atoms with E-state index < -0.39 is 9.85 Å². The van der Waals surface area contributed by atoms with Crippen molar-refractivity contribution in [3.05, 3.63) is 172 Å². The van der Waals surface area contributed by atoms with Gasteiger partial charge in [0.05, 0.1) is 9.85 Å². The molecule has 0 fully saturated rings. The van der Waals surface area contributed by atoms with Crippen LogP contribution in [0.15, 0.2) is 84.9 Å². The molecule has 0 atom stereocenters. The van der Waals surface area contributed by atoms with Crippen molar-refractivity contribution in [1.29, 1.82) is 0 Å². The first-order valence-electron chi connectivity index (χ1n) is 17.5. The van der Waals surface area contributed by atoms with Crippen LogP contribution in [0.2, 0.25) is 0 Å². The molecule has 58 heavy (non-hydrogen) atoms. The van der Waals surface area contributed by atoms with Gasteiger partial charge in [0.1, 0.15) is 0 Å². The molecule has 4 bridgehead atoms. The molecule has 8 nitrogen and oxygen atoms in total. The van der Waals surface area contributed by atoms with Crippen molar-refractivity contribution in [3.63, 3.8) is 0 Å². The number of benzene rings is 5. The van der Waals surface area contributed by atoms with Crippen molar-refractivity contribution < 1.29 is 9.85 Å². The summed E-state index contributed by atoms with van der Waals surface area (Å²) >= 11 is 0. The summed E-state index contributed by atoms with van der Waals surface area (Å²) in [6, 6.07) is 23.7. The van der Waals surface area contributed by atoms with Gasteiger partial charge >= 0.3 is 0 Å². The Morgan fingerprint density at radius 2 is 0.603 bits per heavy atom. The highest BCUT2D eigenvalue weighted by atomic mass is 16.6. The second-order valence-corrected chi connectivity index (χ2v) is 13.2. The van der Waals surface area contributed by atoms with Gasteiger partial charge in [0.25, 0.3) is 11.4 Å². The summed E-state index contributed by atoms with van der Waals surface area (Å²) in [6.45, 7) is 0. The Bertz CT molecular complexity index is 2970. The number of nitrogens with zero attached hydrogens (tertiary/aromatic N) is 4. The lowest BCUT2D eigenvalue weighted by atomic mass is 9.96. The van der Waals surface area contributed by atoms with E-state index in [2.05, 4.69) is 94.7 Å². The molecule has 0 amide bonds. The van der Waals surface area contributed by atoms with Crippen LogP contribution in [-0.2, 0) is 0 Å². The lowest BCUT2D eigenvalue weighted by Crippen LogP contribution is -2.08. The number of non-ortho nitro benzene ring substituents is 2. The van der Waals surface area contributed by atoms with Gasteiger partial charge < -0.3 is 9.80 Å². The summed E-state index contributed by atoms with van der Waals surface area (Å²) in [4.78, 5) is 26.4. The van der Waals surface area contributed by atoms with Crippen molar-refractivity contribution in [2.75, 3.05) is 38.0 Å². The van der Waals surface area contributed by atoms with Crippen LogP contribution in [0.4, 0.5) is 22.7 Å². The van der Waals surface area contributed by atoms with Crippen molar-refractivity contribution in [2.45, 2.75) is 0 Å². The highest BCUT2D eigenvalue weighted by Gasteiger charge is 2.13. The van der Waals surface area contributed by atoms with Crippen LogP contribution in [0.1, 0.15) is 66.8 Å². The maximum absolute atomic E-state index is 11.7. The van der Waals surface area contributed by atoms with Gasteiger partial charge in [-0.2, -0.15) is 0 Å². The van der Waals surface area contributed by atoms with Crippen LogP contribution in [0.3, 0.4) is 0 Å². The highest BCUT2D eigenvalue weighted by molar-refractivity contribution is 5.69. The fraction of sp³-hybridized carbons (Fsp3) is 0.0800. The largest absolute Gasteiger partial charge is 0.378 e. The molecule has 0 aliphatic heterocycles. The Morgan fingerprint density at radius 3 is 0.897 bits per heavy atom. The Kier molecular flexibility index (Phi) is 10.4. The molecule has 0 radical (unpaired) electrons. The number of nitro groups is 2. The van der Waals surface area contributed by atoms with E-state index in [1.54, 1.807) is 12.1 Å². The maximum Gasteiger partial charge on any atom is 0.270 e. The number of anilines is 2. The van der Waals surface area contributed by atoms with Gasteiger partial charge in [0.2, 0.25) is 0 Å². The number of rotatable bonds is 4. The monoisotopic (exact) mass is 746 g/mol. The maximum atomic E-state index is 11.7. The zero-order chi connectivity index (χ0) is 40.8. The van der Waals surface area contributed by atoms with E-state index in [0.717, 1.165) is 11.4 Å². The van der Waals surface area contributed by atoms with Crippen molar-refractivity contribution in [3.8, 4) is 94.7 Å². The quantitative estimate of drug-likeness (QED) is 0.116. The van der Waals surface area contributed by atoms with Crippen molar-refractivity contribution in [2.24, 2.45) is 0 Å². The zero-order valence-electron chi connectivity index (χ0n) is 31.5. The minimum Gasteiger partial charge on any atom is -0.378 e. The Morgan fingerprint density at radius 1 is 0.345 bits per heavy atom. The SMILES string of the molecule is CN(C)c1ccc2c(c1)C#CC#Cc1cc([N+](=O)[O-])ccc1C#Cc1cc(c3cc1C#Cc1ccc([N+](=O)[O-])cc1C#CC#Cc1cc(N(C)C)ccc1C#C3)C#C2. The Labute approximate surface area is 336 Å². The molecule has 0 unspecified atom stereocenters. The molecule has 8 heteroatoms. The molecule has 7 rings (SSSR count). The number of hydrogen-bond acceptors (Lipinski definition) is 6. The van der Waals surface area contributed by atoms with Gasteiger partial charge in [0.15, 0.2) is 0 Å². The van der Waals surface area contributed by atoms with Gasteiger partial charge in [0, 0.05) is 131 Å². The molecule has 5 aromatic carbocycles.